The summed E-state index contributed by atoms with van der Waals surface area (Å²) in [6.07, 6.45) is 0.0605. The van der Waals surface area contributed by atoms with Crippen LogP contribution in [-0.4, -0.2) is 34.7 Å². The van der Waals surface area contributed by atoms with E-state index >= 15 is 0 Å². The van der Waals surface area contributed by atoms with Crippen molar-refractivity contribution in [3.63, 3.8) is 0 Å². The maximum atomic E-state index is 5.97. The largest absolute Gasteiger partial charge is 0.368 e. The van der Waals surface area contributed by atoms with Crippen LogP contribution in [-0.2, 0) is 16.7 Å². The zero-order valence-corrected chi connectivity index (χ0v) is 15.4. The maximum absolute atomic E-state index is 5.97. The van der Waals surface area contributed by atoms with Gasteiger partial charge in [0.1, 0.15) is 16.9 Å². The van der Waals surface area contributed by atoms with Crippen LogP contribution in [0.15, 0.2) is 9.90 Å². The molecule has 2 aromatic heterocycles. The van der Waals surface area contributed by atoms with E-state index in [0.29, 0.717) is 0 Å². The summed E-state index contributed by atoms with van der Waals surface area (Å²) in [7, 11) is 0. The molecule has 3 rings (SSSR count). The summed E-state index contributed by atoms with van der Waals surface area (Å²) in [4.78, 5) is 7.21. The van der Waals surface area contributed by atoms with Gasteiger partial charge in [0, 0.05) is 36.0 Å². The van der Waals surface area contributed by atoms with Crippen LogP contribution in [0.1, 0.15) is 54.6 Å². The van der Waals surface area contributed by atoms with Gasteiger partial charge in [-0.1, -0.05) is 25.9 Å². The van der Waals surface area contributed by atoms with Gasteiger partial charge in [-0.3, -0.25) is 4.90 Å². The number of thiazole rings is 1. The number of nitrogens with zero attached hydrogens (tertiary/aromatic N) is 3. The van der Waals surface area contributed by atoms with Crippen LogP contribution < -0.4 is 0 Å². The molecule has 0 radical (unpaired) electrons. The molecular formula is C17H25N3O2S. The number of rotatable bonds is 3. The first-order valence-corrected chi connectivity index (χ1v) is 8.94. The Kier molecular flexibility index (Phi) is 4.58. The highest BCUT2D eigenvalue weighted by molar-refractivity contribution is 7.09. The predicted octanol–water partition coefficient (Wildman–Crippen LogP) is 3.62. The van der Waals surface area contributed by atoms with Crippen molar-refractivity contribution < 1.29 is 9.26 Å². The molecule has 0 saturated carbocycles. The van der Waals surface area contributed by atoms with Crippen molar-refractivity contribution in [2.75, 3.05) is 19.7 Å². The van der Waals surface area contributed by atoms with Crippen LogP contribution in [0.5, 0.6) is 0 Å². The topological polar surface area (TPSA) is 51.4 Å². The van der Waals surface area contributed by atoms with Crippen molar-refractivity contribution >= 4 is 11.3 Å². The lowest BCUT2D eigenvalue weighted by Crippen LogP contribution is -2.38. The third-order valence-corrected chi connectivity index (χ3v) is 5.22. The van der Waals surface area contributed by atoms with Gasteiger partial charge < -0.3 is 9.26 Å². The van der Waals surface area contributed by atoms with Crippen molar-refractivity contribution in [1.29, 1.82) is 0 Å². The highest BCUT2D eigenvalue weighted by Crippen LogP contribution is 2.30. The Bertz CT molecular complexity index is 652. The van der Waals surface area contributed by atoms with Crippen LogP contribution in [0.2, 0.25) is 0 Å². The number of morpholine rings is 1. The minimum Gasteiger partial charge on any atom is -0.368 e. The summed E-state index contributed by atoms with van der Waals surface area (Å²) in [5, 5.41) is 7.29. The zero-order valence-electron chi connectivity index (χ0n) is 14.5. The Hall–Kier alpha value is -1.24. The molecule has 5 nitrogen and oxygen atoms in total. The number of hydrogen-bond donors (Lipinski definition) is 0. The van der Waals surface area contributed by atoms with Crippen LogP contribution in [0.25, 0.3) is 0 Å². The first kappa shape index (κ1) is 16.6. The van der Waals surface area contributed by atoms with Gasteiger partial charge in [0.15, 0.2) is 0 Å². The predicted molar refractivity (Wildman–Crippen MR) is 90.8 cm³/mol. The van der Waals surface area contributed by atoms with Gasteiger partial charge >= 0.3 is 0 Å². The molecule has 0 bridgehead atoms. The Morgan fingerprint density at radius 3 is 2.74 bits per heavy atom. The third kappa shape index (κ3) is 3.65. The molecule has 126 valence electrons. The van der Waals surface area contributed by atoms with Gasteiger partial charge in [-0.15, -0.1) is 11.3 Å². The van der Waals surface area contributed by atoms with Crippen molar-refractivity contribution in [3.05, 3.63) is 33.1 Å². The molecule has 1 atom stereocenters. The second-order valence-electron chi connectivity index (χ2n) is 7.22. The van der Waals surface area contributed by atoms with E-state index in [2.05, 4.69) is 36.2 Å². The Morgan fingerprint density at radius 2 is 2.13 bits per heavy atom. The summed E-state index contributed by atoms with van der Waals surface area (Å²) < 4.78 is 11.2. The highest BCUT2D eigenvalue weighted by atomic mass is 32.1. The van der Waals surface area contributed by atoms with Crippen molar-refractivity contribution in [3.8, 4) is 0 Å². The standard InChI is InChI=1S/C17H25N3O2S/c1-11-13(12(2)22-19-11)8-20-6-7-21-14(9-20)16-18-15(10-23-16)17(3,4)5/h10,14H,6-9H2,1-5H3/t14-/m1/s1. The van der Waals surface area contributed by atoms with E-state index in [4.69, 9.17) is 14.2 Å². The molecule has 23 heavy (non-hydrogen) atoms. The minimum atomic E-state index is 0.0605. The second kappa shape index (κ2) is 6.34. The Labute approximate surface area is 141 Å². The summed E-state index contributed by atoms with van der Waals surface area (Å²) >= 11 is 1.71. The van der Waals surface area contributed by atoms with Crippen molar-refractivity contribution in [2.45, 2.75) is 52.7 Å². The van der Waals surface area contributed by atoms with Crippen LogP contribution in [0.4, 0.5) is 0 Å². The fourth-order valence-corrected chi connectivity index (χ4v) is 3.81. The average molecular weight is 335 g/mol. The van der Waals surface area contributed by atoms with E-state index < -0.39 is 0 Å². The van der Waals surface area contributed by atoms with Gasteiger partial charge in [0.2, 0.25) is 0 Å². The molecular weight excluding hydrogens is 310 g/mol. The summed E-state index contributed by atoms with van der Waals surface area (Å²) in [5.74, 6) is 0.912. The van der Waals surface area contributed by atoms with Gasteiger partial charge in [-0.05, 0) is 13.8 Å². The van der Waals surface area contributed by atoms with Crippen LogP contribution in [0.3, 0.4) is 0 Å². The summed E-state index contributed by atoms with van der Waals surface area (Å²) in [6.45, 7) is 13.9. The van der Waals surface area contributed by atoms with Gasteiger partial charge in [0.25, 0.3) is 0 Å². The van der Waals surface area contributed by atoms with Crippen molar-refractivity contribution in [1.82, 2.24) is 15.0 Å². The summed E-state index contributed by atoms with van der Waals surface area (Å²) in [5.41, 5.74) is 3.40. The lowest BCUT2D eigenvalue weighted by molar-refractivity contribution is -0.0332. The first-order valence-electron chi connectivity index (χ1n) is 8.06. The maximum Gasteiger partial charge on any atom is 0.138 e. The monoisotopic (exact) mass is 335 g/mol. The highest BCUT2D eigenvalue weighted by Gasteiger charge is 2.27. The van der Waals surface area contributed by atoms with Crippen molar-refractivity contribution in [2.24, 2.45) is 0 Å². The molecule has 0 aromatic carbocycles. The quantitative estimate of drug-likeness (QED) is 0.857. The molecule has 0 aliphatic carbocycles. The number of ether oxygens (including phenoxy) is 1. The molecule has 1 fully saturated rings. The Balaban J connectivity index is 1.70. The average Bonchev–Trinajstić information content (AvgIpc) is 3.10. The molecule has 2 aromatic rings. The zero-order chi connectivity index (χ0) is 16.6. The molecule has 3 heterocycles. The molecule has 0 N–H and O–H groups in total. The molecule has 1 aliphatic heterocycles. The number of aromatic nitrogens is 2. The second-order valence-corrected chi connectivity index (χ2v) is 8.11. The van der Waals surface area contributed by atoms with E-state index in [1.807, 2.05) is 13.8 Å². The molecule has 0 unspecified atom stereocenters. The van der Waals surface area contributed by atoms with E-state index in [1.54, 1.807) is 11.3 Å². The van der Waals surface area contributed by atoms with E-state index in [-0.39, 0.29) is 11.5 Å². The number of hydrogen-bond acceptors (Lipinski definition) is 6. The molecule has 1 aliphatic rings. The lowest BCUT2D eigenvalue weighted by Gasteiger charge is -2.31. The minimum absolute atomic E-state index is 0.0605. The fourth-order valence-electron chi connectivity index (χ4n) is 2.73. The van der Waals surface area contributed by atoms with Gasteiger partial charge in [0.05, 0.1) is 18.0 Å². The Morgan fingerprint density at radius 1 is 1.35 bits per heavy atom. The van der Waals surface area contributed by atoms with E-state index in [1.165, 1.54) is 5.56 Å². The summed E-state index contributed by atoms with van der Waals surface area (Å²) in [6, 6.07) is 0. The molecule has 0 amide bonds. The lowest BCUT2D eigenvalue weighted by atomic mass is 9.93. The van der Waals surface area contributed by atoms with Gasteiger partial charge in [-0.2, -0.15) is 0 Å². The molecule has 1 saturated heterocycles. The third-order valence-electron chi connectivity index (χ3n) is 4.28. The number of aryl methyl sites for hydroxylation is 2. The van der Waals surface area contributed by atoms with E-state index in [0.717, 1.165) is 48.4 Å². The normalized spacial score (nSPS) is 20.1. The van der Waals surface area contributed by atoms with Crippen LogP contribution >= 0.6 is 11.3 Å². The molecule has 6 heteroatoms. The first-order chi connectivity index (χ1) is 10.8. The smallest absolute Gasteiger partial charge is 0.138 e. The van der Waals surface area contributed by atoms with Crippen LogP contribution in [0, 0.1) is 13.8 Å². The van der Waals surface area contributed by atoms with Gasteiger partial charge in [-0.25, -0.2) is 4.98 Å². The van der Waals surface area contributed by atoms with E-state index in [9.17, 15) is 0 Å². The fraction of sp³-hybridized carbons (Fsp3) is 0.647. The molecule has 0 spiro atoms. The SMILES string of the molecule is Cc1noc(C)c1CN1CCO[C@@H](c2nc(C(C)(C)C)cs2)C1.